The van der Waals surface area contributed by atoms with E-state index in [1.54, 1.807) is 12.1 Å². The second-order valence-corrected chi connectivity index (χ2v) is 3.99. The van der Waals surface area contributed by atoms with Crippen LogP contribution in [-0.4, -0.2) is 22.6 Å². The lowest BCUT2D eigenvalue weighted by Crippen LogP contribution is -2.26. The molecular formula is C12H14N4O2. The average Bonchev–Trinajstić information content (AvgIpc) is 2.80. The van der Waals surface area contributed by atoms with Crippen molar-refractivity contribution < 1.29 is 9.32 Å². The van der Waals surface area contributed by atoms with Gasteiger partial charge in [0.05, 0.1) is 0 Å². The summed E-state index contributed by atoms with van der Waals surface area (Å²) < 4.78 is 4.60. The van der Waals surface area contributed by atoms with Gasteiger partial charge in [-0.05, 0) is 30.7 Å². The van der Waals surface area contributed by atoms with Crippen LogP contribution in [0.25, 0.3) is 0 Å². The molecule has 0 aliphatic rings. The molecule has 0 atom stereocenters. The summed E-state index contributed by atoms with van der Waals surface area (Å²) in [5, 5.41) is 6.43. The Morgan fingerprint density at radius 2 is 2.28 bits per heavy atom. The maximum absolute atomic E-state index is 11.8. The van der Waals surface area contributed by atoms with Crippen molar-refractivity contribution in [2.24, 2.45) is 0 Å². The molecule has 0 radical (unpaired) electrons. The van der Waals surface area contributed by atoms with Gasteiger partial charge in [-0.25, -0.2) is 0 Å². The Kier molecular flexibility index (Phi) is 3.57. The van der Waals surface area contributed by atoms with Crippen molar-refractivity contribution in [2.45, 2.75) is 13.3 Å². The molecule has 1 aromatic carbocycles. The zero-order chi connectivity index (χ0) is 13.0. The first-order valence-electron chi connectivity index (χ1n) is 5.56. The summed E-state index contributed by atoms with van der Waals surface area (Å²) in [6, 6.07) is 5.26. The van der Waals surface area contributed by atoms with Crippen LogP contribution in [0.4, 0.5) is 5.69 Å². The first kappa shape index (κ1) is 12.1. The number of aromatic nitrogens is 2. The van der Waals surface area contributed by atoms with Gasteiger partial charge in [0.15, 0.2) is 5.82 Å². The first-order chi connectivity index (χ1) is 8.65. The van der Waals surface area contributed by atoms with Crippen LogP contribution in [0.1, 0.15) is 21.7 Å². The van der Waals surface area contributed by atoms with Gasteiger partial charge in [-0.15, -0.1) is 0 Å². The number of anilines is 1. The van der Waals surface area contributed by atoms with Crippen molar-refractivity contribution in [3.63, 3.8) is 0 Å². The summed E-state index contributed by atoms with van der Waals surface area (Å²) in [5.41, 5.74) is 7.79. The summed E-state index contributed by atoms with van der Waals surface area (Å²) in [4.78, 5) is 15.7. The number of carbonyl (C=O) groups is 1. The summed E-state index contributed by atoms with van der Waals surface area (Å²) in [6.07, 6.45) is 1.79. The van der Waals surface area contributed by atoms with Gasteiger partial charge in [0.25, 0.3) is 5.91 Å². The maximum Gasteiger partial charge on any atom is 0.251 e. The number of nitrogens with one attached hydrogen (secondary N) is 1. The molecule has 0 fully saturated rings. The molecular weight excluding hydrogens is 232 g/mol. The van der Waals surface area contributed by atoms with E-state index in [0.29, 0.717) is 30.0 Å². The van der Waals surface area contributed by atoms with E-state index in [1.807, 2.05) is 13.0 Å². The van der Waals surface area contributed by atoms with Crippen LogP contribution < -0.4 is 11.1 Å². The van der Waals surface area contributed by atoms with Gasteiger partial charge < -0.3 is 15.6 Å². The smallest absolute Gasteiger partial charge is 0.251 e. The van der Waals surface area contributed by atoms with Crippen LogP contribution in [0.5, 0.6) is 0 Å². The Hall–Kier alpha value is -2.37. The number of nitrogens with zero attached hydrogens (tertiary/aromatic N) is 2. The molecule has 2 aromatic rings. The van der Waals surface area contributed by atoms with E-state index in [4.69, 9.17) is 5.73 Å². The molecule has 18 heavy (non-hydrogen) atoms. The Morgan fingerprint density at radius 1 is 1.44 bits per heavy atom. The molecule has 1 heterocycles. The highest BCUT2D eigenvalue weighted by Crippen LogP contribution is 2.10. The predicted molar refractivity (Wildman–Crippen MR) is 65.9 cm³/mol. The van der Waals surface area contributed by atoms with Crippen molar-refractivity contribution in [3.8, 4) is 0 Å². The lowest BCUT2D eigenvalue weighted by atomic mass is 10.1. The highest BCUT2D eigenvalue weighted by molar-refractivity contribution is 5.95. The van der Waals surface area contributed by atoms with E-state index in [-0.39, 0.29) is 5.91 Å². The van der Waals surface area contributed by atoms with Gasteiger partial charge in [-0.1, -0.05) is 5.16 Å². The number of hydrogen-bond acceptors (Lipinski definition) is 5. The molecule has 0 saturated heterocycles. The molecule has 3 N–H and O–H groups in total. The number of carbonyl (C=O) groups excluding carboxylic acids is 1. The minimum Gasteiger partial charge on any atom is -0.399 e. The molecule has 0 spiro atoms. The molecule has 0 aliphatic heterocycles. The molecule has 0 bridgehead atoms. The average molecular weight is 246 g/mol. The van der Waals surface area contributed by atoms with Gasteiger partial charge in [-0.3, -0.25) is 4.79 Å². The Balaban J connectivity index is 1.91. The molecule has 0 saturated carbocycles. The van der Waals surface area contributed by atoms with Crippen molar-refractivity contribution >= 4 is 11.6 Å². The SMILES string of the molecule is Cc1cc(N)cc(C(=O)NCCc2ncon2)c1. The standard InChI is InChI=1S/C12H14N4O2/c1-8-4-9(6-10(13)5-8)12(17)14-3-2-11-15-7-18-16-11/h4-7H,2-3,13H2,1H3,(H,14,17). The summed E-state index contributed by atoms with van der Waals surface area (Å²) in [6.45, 7) is 2.35. The van der Waals surface area contributed by atoms with E-state index in [1.165, 1.54) is 6.39 Å². The van der Waals surface area contributed by atoms with Crippen LogP contribution in [-0.2, 0) is 6.42 Å². The van der Waals surface area contributed by atoms with E-state index in [2.05, 4.69) is 20.0 Å². The molecule has 2 rings (SSSR count). The fraction of sp³-hybridized carbons (Fsp3) is 0.250. The van der Waals surface area contributed by atoms with Gasteiger partial charge in [0.1, 0.15) is 0 Å². The third-order valence-corrected chi connectivity index (χ3v) is 2.40. The van der Waals surface area contributed by atoms with Crippen molar-refractivity contribution in [1.82, 2.24) is 15.5 Å². The molecule has 94 valence electrons. The molecule has 6 heteroatoms. The second kappa shape index (κ2) is 5.31. The summed E-state index contributed by atoms with van der Waals surface area (Å²) in [5.74, 6) is 0.410. The highest BCUT2D eigenvalue weighted by atomic mass is 16.5. The van der Waals surface area contributed by atoms with Gasteiger partial charge in [-0.2, -0.15) is 4.98 Å². The number of rotatable bonds is 4. The summed E-state index contributed by atoms with van der Waals surface area (Å²) in [7, 11) is 0. The van der Waals surface area contributed by atoms with Crippen LogP contribution in [0, 0.1) is 6.92 Å². The fourth-order valence-electron chi connectivity index (χ4n) is 1.64. The molecule has 6 nitrogen and oxygen atoms in total. The number of aryl methyl sites for hydroxylation is 1. The zero-order valence-electron chi connectivity index (χ0n) is 10.0. The quantitative estimate of drug-likeness (QED) is 0.783. The van der Waals surface area contributed by atoms with Crippen LogP contribution in [0.2, 0.25) is 0 Å². The zero-order valence-corrected chi connectivity index (χ0v) is 10.0. The number of amides is 1. The Labute approximate surface area is 104 Å². The van der Waals surface area contributed by atoms with E-state index >= 15 is 0 Å². The van der Waals surface area contributed by atoms with Gasteiger partial charge >= 0.3 is 0 Å². The Morgan fingerprint density at radius 3 is 2.94 bits per heavy atom. The van der Waals surface area contributed by atoms with E-state index < -0.39 is 0 Å². The number of nitrogen functional groups attached to an aromatic ring is 1. The lowest BCUT2D eigenvalue weighted by Gasteiger charge is -2.05. The van der Waals surface area contributed by atoms with E-state index in [0.717, 1.165) is 5.56 Å². The molecule has 0 unspecified atom stereocenters. The summed E-state index contributed by atoms with van der Waals surface area (Å²) >= 11 is 0. The van der Waals surface area contributed by atoms with Crippen LogP contribution in [0.3, 0.4) is 0 Å². The third-order valence-electron chi connectivity index (χ3n) is 2.40. The minimum absolute atomic E-state index is 0.158. The monoisotopic (exact) mass is 246 g/mol. The Bertz CT molecular complexity index is 517. The van der Waals surface area contributed by atoms with Crippen LogP contribution >= 0.6 is 0 Å². The van der Waals surface area contributed by atoms with Crippen LogP contribution in [0.15, 0.2) is 29.1 Å². The molecule has 0 aliphatic carbocycles. The number of benzene rings is 1. The minimum atomic E-state index is -0.158. The van der Waals surface area contributed by atoms with Gasteiger partial charge in [0, 0.05) is 24.2 Å². The molecule has 1 aromatic heterocycles. The second-order valence-electron chi connectivity index (χ2n) is 3.99. The van der Waals surface area contributed by atoms with Crippen molar-refractivity contribution in [2.75, 3.05) is 12.3 Å². The first-order valence-corrected chi connectivity index (χ1v) is 5.56. The largest absolute Gasteiger partial charge is 0.399 e. The maximum atomic E-state index is 11.8. The topological polar surface area (TPSA) is 94.0 Å². The number of hydrogen-bond donors (Lipinski definition) is 2. The van der Waals surface area contributed by atoms with Crippen molar-refractivity contribution in [3.05, 3.63) is 41.5 Å². The normalized spacial score (nSPS) is 10.3. The lowest BCUT2D eigenvalue weighted by molar-refractivity contribution is 0.0954. The fourth-order valence-corrected chi connectivity index (χ4v) is 1.64. The number of nitrogens with two attached hydrogens (primary N) is 1. The third kappa shape index (κ3) is 3.07. The van der Waals surface area contributed by atoms with E-state index in [9.17, 15) is 4.79 Å². The molecule has 1 amide bonds. The highest BCUT2D eigenvalue weighted by Gasteiger charge is 2.07. The van der Waals surface area contributed by atoms with Crippen molar-refractivity contribution in [1.29, 1.82) is 0 Å². The van der Waals surface area contributed by atoms with Gasteiger partial charge in [0.2, 0.25) is 6.39 Å². The predicted octanol–water partition coefficient (Wildman–Crippen LogP) is 0.933.